The first-order valence-electron chi connectivity index (χ1n) is 15.7. The van der Waals surface area contributed by atoms with E-state index in [1.54, 1.807) is 6.21 Å². The van der Waals surface area contributed by atoms with E-state index < -0.39 is 5.60 Å². The lowest BCUT2D eigenvalue weighted by molar-refractivity contribution is -0.127. The van der Waals surface area contributed by atoms with E-state index in [4.69, 9.17) is 9.47 Å². The van der Waals surface area contributed by atoms with Crippen LogP contribution in [0.2, 0.25) is 0 Å². The number of hydrazone groups is 1. The molecule has 242 valence electrons. The van der Waals surface area contributed by atoms with Gasteiger partial charge in [0.25, 0.3) is 0 Å². The van der Waals surface area contributed by atoms with Crippen molar-refractivity contribution in [3.05, 3.63) is 88.3 Å². The highest BCUT2D eigenvalue weighted by atomic mass is 79.9. The molecule has 1 aliphatic rings. The molecule has 3 aromatic carbocycles. The first-order chi connectivity index (χ1) is 21.2. The monoisotopic (exact) mass is 740 g/mol. The smallest absolute Gasteiger partial charge is 0.242 e. The van der Waals surface area contributed by atoms with Crippen molar-refractivity contribution in [3.8, 4) is 11.5 Å². The Bertz CT molecular complexity index is 1570. The predicted octanol–water partition coefficient (Wildman–Crippen LogP) is 9.37. The Balaban J connectivity index is 1.59. The van der Waals surface area contributed by atoms with Crippen LogP contribution >= 0.6 is 31.9 Å². The third-order valence-corrected chi connectivity index (χ3v) is 12.1. The van der Waals surface area contributed by atoms with Crippen LogP contribution in [0.3, 0.4) is 0 Å². The molecule has 0 atom stereocenters. The van der Waals surface area contributed by atoms with Gasteiger partial charge in [0.2, 0.25) is 5.91 Å². The van der Waals surface area contributed by atoms with Gasteiger partial charge in [-0.15, -0.1) is 0 Å². The van der Waals surface area contributed by atoms with Gasteiger partial charge in [-0.2, -0.15) is 5.10 Å². The van der Waals surface area contributed by atoms with Crippen molar-refractivity contribution in [2.45, 2.75) is 113 Å². The summed E-state index contributed by atoms with van der Waals surface area (Å²) in [7, 11) is 0. The molecule has 0 heterocycles. The van der Waals surface area contributed by atoms with Gasteiger partial charge in [-0.1, -0.05) is 51.1 Å². The van der Waals surface area contributed by atoms with Crippen LogP contribution < -0.4 is 14.9 Å². The van der Waals surface area contributed by atoms with Crippen molar-refractivity contribution < 1.29 is 19.4 Å². The predicted molar refractivity (Wildman–Crippen MR) is 190 cm³/mol. The van der Waals surface area contributed by atoms with Crippen molar-refractivity contribution in [1.82, 2.24) is 5.43 Å². The van der Waals surface area contributed by atoms with Crippen molar-refractivity contribution in [2.24, 2.45) is 5.10 Å². The van der Waals surface area contributed by atoms with Crippen LogP contribution in [0.1, 0.15) is 99.7 Å². The number of aliphatic hydroxyl groups is 1. The van der Waals surface area contributed by atoms with Gasteiger partial charge in [0.05, 0.1) is 18.2 Å². The lowest BCUT2D eigenvalue weighted by Gasteiger charge is -2.31. The molecular weight excluding hydrogens is 696 g/mol. The van der Waals surface area contributed by atoms with Gasteiger partial charge in [0, 0.05) is 8.95 Å². The van der Waals surface area contributed by atoms with Crippen molar-refractivity contribution in [3.63, 3.8) is 0 Å². The van der Waals surface area contributed by atoms with Crippen molar-refractivity contribution >= 4 is 44.0 Å². The quantitative estimate of drug-likeness (QED) is 0.160. The molecule has 0 spiro atoms. The molecule has 45 heavy (non-hydrogen) atoms. The van der Waals surface area contributed by atoms with Gasteiger partial charge in [0.15, 0.2) is 11.5 Å². The molecule has 0 unspecified atom stereocenters. The minimum atomic E-state index is -0.930. The van der Waals surface area contributed by atoms with Crippen LogP contribution in [0.4, 0.5) is 0 Å². The van der Waals surface area contributed by atoms with Crippen LogP contribution in [-0.2, 0) is 18.0 Å². The minimum absolute atomic E-state index is 0.0596. The minimum Gasteiger partial charge on any atom is -0.485 e. The third kappa shape index (κ3) is 8.01. The number of benzene rings is 3. The summed E-state index contributed by atoms with van der Waals surface area (Å²) in [4.78, 5) is 12.5. The van der Waals surface area contributed by atoms with E-state index in [-0.39, 0.29) is 12.3 Å². The van der Waals surface area contributed by atoms with E-state index in [0.29, 0.717) is 37.6 Å². The Morgan fingerprint density at radius 3 is 1.73 bits per heavy atom. The maximum Gasteiger partial charge on any atom is 0.242 e. The van der Waals surface area contributed by atoms with Crippen LogP contribution in [0.5, 0.6) is 11.5 Å². The highest BCUT2D eigenvalue weighted by Gasteiger charge is 2.31. The summed E-state index contributed by atoms with van der Waals surface area (Å²) in [5, 5.41) is 14.9. The number of amides is 1. The van der Waals surface area contributed by atoms with Crippen molar-refractivity contribution in [2.75, 3.05) is 0 Å². The number of nitrogens with zero attached hydrogens (tertiary/aromatic N) is 1. The average Bonchev–Trinajstić information content (AvgIpc) is 3.01. The summed E-state index contributed by atoms with van der Waals surface area (Å²) in [6.45, 7) is 17.8. The average molecular weight is 743 g/mol. The second-order valence-corrected chi connectivity index (χ2v) is 14.2. The van der Waals surface area contributed by atoms with E-state index in [1.165, 1.54) is 44.5 Å². The maximum atomic E-state index is 12.5. The van der Waals surface area contributed by atoms with E-state index in [0.717, 1.165) is 44.9 Å². The zero-order valence-corrected chi connectivity index (χ0v) is 31.0. The van der Waals surface area contributed by atoms with E-state index in [1.807, 2.05) is 18.2 Å². The Hall–Kier alpha value is -2.68. The molecule has 0 radical (unpaired) electrons. The fourth-order valence-corrected chi connectivity index (χ4v) is 7.35. The number of rotatable bonds is 10. The van der Waals surface area contributed by atoms with Gasteiger partial charge in [0.1, 0.15) is 13.2 Å². The SMILES string of the molecule is Cc1c(C)c(COc2ccc(C=NNC(=O)CC3(O)CCCCC3)cc2OCc2c(C)c(C)c(Br)c(C)c2C)c(C)c(C)c1Br. The maximum absolute atomic E-state index is 12.5. The molecular formula is C37H46Br2N2O4. The topological polar surface area (TPSA) is 80.2 Å². The van der Waals surface area contributed by atoms with E-state index in [9.17, 15) is 9.90 Å². The normalized spacial score (nSPS) is 14.6. The number of halogens is 2. The summed E-state index contributed by atoms with van der Waals surface area (Å²) < 4.78 is 15.2. The molecule has 1 saturated carbocycles. The van der Waals surface area contributed by atoms with Crippen molar-refractivity contribution in [1.29, 1.82) is 0 Å². The van der Waals surface area contributed by atoms with Crippen LogP contribution in [-0.4, -0.2) is 22.8 Å². The van der Waals surface area contributed by atoms with E-state index in [2.05, 4.69) is 97.8 Å². The number of carbonyl (C=O) groups excluding carboxylic acids is 1. The summed E-state index contributed by atoms with van der Waals surface area (Å²) >= 11 is 7.48. The largest absolute Gasteiger partial charge is 0.485 e. The lowest BCUT2D eigenvalue weighted by atomic mass is 9.82. The van der Waals surface area contributed by atoms with E-state index >= 15 is 0 Å². The van der Waals surface area contributed by atoms with Crippen LogP contribution in [0.25, 0.3) is 0 Å². The standard InChI is InChI=1S/C37H46Br2N2O4/c1-21-25(5)35(38)26(6)22(2)30(21)19-44-32-13-12-29(18-40-41-34(42)17-37(43)14-10-9-11-15-37)16-33(32)45-20-31-23(3)27(7)36(39)28(8)24(31)4/h12-13,16,18,43H,9-11,14-15,17,19-20H2,1-8H3,(H,41,42). The molecule has 1 aliphatic carbocycles. The Kier molecular flexibility index (Phi) is 11.6. The molecule has 0 saturated heterocycles. The Morgan fingerprint density at radius 1 is 0.778 bits per heavy atom. The molecule has 4 rings (SSSR count). The molecule has 2 N–H and O–H groups in total. The second kappa shape index (κ2) is 14.8. The fourth-order valence-electron chi connectivity index (χ4n) is 6.16. The number of ether oxygens (including phenoxy) is 2. The van der Waals surface area contributed by atoms with Gasteiger partial charge in [-0.05, 0) is 148 Å². The number of hydrogen-bond acceptors (Lipinski definition) is 5. The number of nitrogens with one attached hydrogen (secondary N) is 1. The highest BCUT2D eigenvalue weighted by Crippen LogP contribution is 2.36. The molecule has 0 bridgehead atoms. The zero-order chi connectivity index (χ0) is 33.1. The summed E-state index contributed by atoms with van der Waals surface area (Å²) in [5.41, 5.74) is 14.4. The zero-order valence-electron chi connectivity index (χ0n) is 27.8. The van der Waals surface area contributed by atoms with Crippen LogP contribution in [0, 0.1) is 55.4 Å². The fraction of sp³-hybridized carbons (Fsp3) is 0.459. The van der Waals surface area contributed by atoms with Gasteiger partial charge >= 0.3 is 0 Å². The Morgan fingerprint density at radius 2 is 1.24 bits per heavy atom. The molecule has 1 fully saturated rings. The first-order valence-corrected chi connectivity index (χ1v) is 17.3. The summed E-state index contributed by atoms with van der Waals surface area (Å²) in [6, 6.07) is 5.68. The van der Waals surface area contributed by atoms with Gasteiger partial charge in [-0.25, -0.2) is 5.43 Å². The van der Waals surface area contributed by atoms with Gasteiger partial charge in [-0.3, -0.25) is 4.79 Å². The summed E-state index contributed by atoms with van der Waals surface area (Å²) in [5.74, 6) is 0.943. The first kappa shape index (κ1) is 35.2. The lowest BCUT2D eigenvalue weighted by Crippen LogP contribution is -2.37. The third-order valence-electron chi connectivity index (χ3n) is 9.77. The molecule has 1 amide bonds. The number of carbonyl (C=O) groups is 1. The highest BCUT2D eigenvalue weighted by molar-refractivity contribution is 9.10. The molecule has 3 aromatic rings. The molecule has 8 heteroatoms. The Labute approximate surface area is 285 Å². The summed E-state index contributed by atoms with van der Waals surface area (Å²) in [6.07, 6.45) is 5.96. The van der Waals surface area contributed by atoms with Crippen LogP contribution in [0.15, 0.2) is 32.2 Å². The molecule has 0 aromatic heterocycles. The molecule has 0 aliphatic heterocycles. The second-order valence-electron chi connectivity index (χ2n) is 12.6. The number of hydrogen-bond donors (Lipinski definition) is 2. The molecule has 6 nitrogen and oxygen atoms in total. The van der Waals surface area contributed by atoms with Gasteiger partial charge < -0.3 is 14.6 Å².